The molecule has 0 aliphatic carbocycles. The monoisotopic (exact) mass is 394 g/mol. The zero-order chi connectivity index (χ0) is 19.8. The quantitative estimate of drug-likeness (QED) is 0.599. The summed E-state index contributed by atoms with van der Waals surface area (Å²) in [6.07, 6.45) is 0.139. The maximum atomic E-state index is 12.1. The third-order valence-corrected chi connectivity index (χ3v) is 4.18. The second-order valence-electron chi connectivity index (χ2n) is 5.98. The summed E-state index contributed by atoms with van der Waals surface area (Å²) < 4.78 is 5.75. The van der Waals surface area contributed by atoms with Gasteiger partial charge in [0.25, 0.3) is 5.91 Å². The van der Waals surface area contributed by atoms with Gasteiger partial charge in [0.1, 0.15) is 11.5 Å². The minimum absolute atomic E-state index is 0.139. The highest BCUT2D eigenvalue weighted by atomic mass is 35.5. The molecule has 2 amide bonds. The van der Waals surface area contributed by atoms with Gasteiger partial charge in [-0.15, -0.1) is 0 Å². The largest absolute Gasteiger partial charge is 0.457 e. The van der Waals surface area contributed by atoms with Gasteiger partial charge >= 0.3 is 0 Å². The Morgan fingerprint density at radius 3 is 2.36 bits per heavy atom. The molecule has 6 heteroatoms. The van der Waals surface area contributed by atoms with Crippen LogP contribution in [-0.4, -0.2) is 18.4 Å². The Balaban J connectivity index is 1.49. The molecule has 0 spiro atoms. The van der Waals surface area contributed by atoms with Crippen LogP contribution in [0.15, 0.2) is 78.9 Å². The normalized spacial score (nSPS) is 10.2. The second kappa shape index (κ2) is 9.58. The second-order valence-corrected chi connectivity index (χ2v) is 6.38. The summed E-state index contributed by atoms with van der Waals surface area (Å²) in [5, 5.41) is 5.86. The van der Waals surface area contributed by atoms with Gasteiger partial charge in [-0.1, -0.05) is 48.0 Å². The molecule has 0 atom stereocenters. The number of ether oxygens (including phenoxy) is 1. The molecule has 3 rings (SSSR count). The number of carbonyl (C=O) groups excluding carboxylic acids is 2. The van der Waals surface area contributed by atoms with Crippen molar-refractivity contribution in [3.05, 3.63) is 89.4 Å². The fraction of sp³-hybridized carbons (Fsp3) is 0.0909. The van der Waals surface area contributed by atoms with Gasteiger partial charge in [-0.3, -0.25) is 9.59 Å². The van der Waals surface area contributed by atoms with Crippen LogP contribution in [0.4, 0.5) is 5.69 Å². The Hall–Kier alpha value is -3.31. The topological polar surface area (TPSA) is 67.4 Å². The first-order valence-corrected chi connectivity index (χ1v) is 9.15. The predicted octanol–water partition coefficient (Wildman–Crippen LogP) is 4.89. The molecule has 0 saturated heterocycles. The number of carbonyl (C=O) groups is 2. The maximum absolute atomic E-state index is 12.1. The van der Waals surface area contributed by atoms with E-state index in [1.807, 2.05) is 36.4 Å². The zero-order valence-electron chi connectivity index (χ0n) is 15.0. The lowest BCUT2D eigenvalue weighted by atomic mass is 10.2. The highest BCUT2D eigenvalue weighted by Crippen LogP contribution is 2.23. The minimum atomic E-state index is -0.309. The van der Waals surface area contributed by atoms with Crippen LogP contribution in [0.5, 0.6) is 11.5 Å². The van der Waals surface area contributed by atoms with E-state index >= 15 is 0 Å². The smallest absolute Gasteiger partial charge is 0.252 e. The van der Waals surface area contributed by atoms with E-state index in [1.54, 1.807) is 42.5 Å². The van der Waals surface area contributed by atoms with Gasteiger partial charge in [0.15, 0.2) is 0 Å². The highest BCUT2D eigenvalue weighted by molar-refractivity contribution is 6.33. The molecule has 0 heterocycles. The lowest BCUT2D eigenvalue weighted by Gasteiger charge is -2.10. The Kier molecular flexibility index (Phi) is 6.65. The van der Waals surface area contributed by atoms with E-state index in [-0.39, 0.29) is 24.8 Å². The predicted molar refractivity (Wildman–Crippen MR) is 110 cm³/mol. The molecule has 5 nitrogen and oxygen atoms in total. The van der Waals surface area contributed by atoms with Gasteiger partial charge in [-0.25, -0.2) is 0 Å². The molecule has 142 valence electrons. The Labute approximate surface area is 168 Å². The molecular weight excluding hydrogens is 376 g/mol. The van der Waals surface area contributed by atoms with Crippen molar-refractivity contribution in [1.29, 1.82) is 0 Å². The molecule has 0 unspecified atom stereocenters. The number of halogens is 1. The molecule has 0 fully saturated rings. The summed E-state index contributed by atoms with van der Waals surface area (Å²) in [4.78, 5) is 24.2. The molecule has 0 radical (unpaired) electrons. The summed E-state index contributed by atoms with van der Waals surface area (Å²) in [6.45, 7) is 0.204. The van der Waals surface area contributed by atoms with Gasteiger partial charge in [0.05, 0.1) is 10.6 Å². The molecule has 3 aromatic rings. The van der Waals surface area contributed by atoms with Crippen LogP contribution < -0.4 is 15.4 Å². The van der Waals surface area contributed by atoms with Crippen molar-refractivity contribution in [3.63, 3.8) is 0 Å². The van der Waals surface area contributed by atoms with Crippen LogP contribution in [0, 0.1) is 0 Å². The lowest BCUT2D eigenvalue weighted by molar-refractivity contribution is -0.116. The molecule has 3 aromatic carbocycles. The van der Waals surface area contributed by atoms with Gasteiger partial charge < -0.3 is 15.4 Å². The Morgan fingerprint density at radius 2 is 1.57 bits per heavy atom. The van der Waals surface area contributed by atoms with E-state index in [9.17, 15) is 9.59 Å². The Bertz CT molecular complexity index is 961. The molecule has 0 aliphatic heterocycles. The summed E-state index contributed by atoms with van der Waals surface area (Å²) >= 11 is 5.99. The van der Waals surface area contributed by atoms with Gasteiger partial charge in [0.2, 0.25) is 5.91 Å². The molecule has 0 aromatic heterocycles. The SMILES string of the molecule is O=C(CCNC(=O)c1ccccc1Cl)Nc1cccc(Oc2ccccc2)c1. The molecule has 0 aliphatic rings. The minimum Gasteiger partial charge on any atom is -0.457 e. The molecule has 28 heavy (non-hydrogen) atoms. The van der Waals surface area contributed by atoms with E-state index in [0.717, 1.165) is 0 Å². The first kappa shape index (κ1) is 19.5. The van der Waals surface area contributed by atoms with Crippen LogP contribution in [0.25, 0.3) is 0 Å². The van der Waals surface area contributed by atoms with Crippen molar-refractivity contribution in [2.75, 3.05) is 11.9 Å². The number of para-hydroxylation sites is 1. The van der Waals surface area contributed by atoms with Crippen molar-refractivity contribution >= 4 is 29.1 Å². The lowest BCUT2D eigenvalue weighted by Crippen LogP contribution is -2.27. The molecular formula is C22H19ClN2O3. The van der Waals surface area contributed by atoms with E-state index < -0.39 is 0 Å². The van der Waals surface area contributed by atoms with Crippen molar-refractivity contribution in [2.45, 2.75) is 6.42 Å². The van der Waals surface area contributed by atoms with Crippen LogP contribution in [0.2, 0.25) is 5.02 Å². The van der Waals surface area contributed by atoms with Crippen molar-refractivity contribution in [1.82, 2.24) is 5.32 Å². The van der Waals surface area contributed by atoms with Crippen molar-refractivity contribution < 1.29 is 14.3 Å². The standard InChI is InChI=1S/C22H19ClN2O3/c23-20-12-5-4-11-19(20)22(27)24-14-13-21(26)25-16-7-6-10-18(15-16)28-17-8-2-1-3-9-17/h1-12,15H,13-14H2,(H,24,27)(H,25,26). The molecule has 2 N–H and O–H groups in total. The zero-order valence-corrected chi connectivity index (χ0v) is 15.8. The third kappa shape index (κ3) is 5.59. The fourth-order valence-corrected chi connectivity index (χ4v) is 2.74. The van der Waals surface area contributed by atoms with Crippen molar-refractivity contribution in [2.24, 2.45) is 0 Å². The fourth-order valence-electron chi connectivity index (χ4n) is 2.52. The van der Waals surface area contributed by atoms with Gasteiger partial charge in [0, 0.05) is 24.7 Å². The molecule has 0 saturated carbocycles. The van der Waals surface area contributed by atoms with Gasteiger partial charge in [-0.2, -0.15) is 0 Å². The number of amides is 2. The highest BCUT2D eigenvalue weighted by Gasteiger charge is 2.10. The van der Waals surface area contributed by atoms with Crippen LogP contribution in [0.1, 0.15) is 16.8 Å². The molecule has 0 bridgehead atoms. The first-order chi connectivity index (χ1) is 13.6. The van der Waals surface area contributed by atoms with Crippen LogP contribution >= 0.6 is 11.6 Å². The summed E-state index contributed by atoms with van der Waals surface area (Å²) in [5.74, 6) is 0.817. The first-order valence-electron chi connectivity index (χ1n) is 8.77. The third-order valence-electron chi connectivity index (χ3n) is 3.85. The van der Waals surface area contributed by atoms with E-state index in [2.05, 4.69) is 10.6 Å². The average molecular weight is 395 g/mol. The number of benzene rings is 3. The van der Waals surface area contributed by atoms with Crippen LogP contribution in [0.3, 0.4) is 0 Å². The summed E-state index contributed by atoms with van der Waals surface area (Å²) in [7, 11) is 0. The number of nitrogens with one attached hydrogen (secondary N) is 2. The Morgan fingerprint density at radius 1 is 0.857 bits per heavy atom. The number of hydrogen-bond acceptors (Lipinski definition) is 3. The number of rotatable bonds is 7. The number of anilines is 1. The van der Waals surface area contributed by atoms with E-state index in [1.165, 1.54) is 0 Å². The summed E-state index contributed by atoms with van der Waals surface area (Å²) in [5.41, 5.74) is 1.01. The number of hydrogen-bond donors (Lipinski definition) is 2. The summed E-state index contributed by atoms with van der Waals surface area (Å²) in [6, 6.07) is 23.3. The van der Waals surface area contributed by atoms with Crippen molar-refractivity contribution in [3.8, 4) is 11.5 Å². The maximum Gasteiger partial charge on any atom is 0.252 e. The van der Waals surface area contributed by atoms with Crippen LogP contribution in [-0.2, 0) is 4.79 Å². The van der Waals surface area contributed by atoms with E-state index in [0.29, 0.717) is 27.8 Å². The average Bonchev–Trinajstić information content (AvgIpc) is 2.69. The van der Waals surface area contributed by atoms with Gasteiger partial charge in [-0.05, 0) is 36.4 Å². The van der Waals surface area contributed by atoms with E-state index in [4.69, 9.17) is 16.3 Å².